The number of fused-ring (bicyclic) bond motifs is 1. The number of nitrogens with zero attached hydrogens (tertiary/aromatic N) is 5. The molecule has 26 heavy (non-hydrogen) atoms. The van der Waals surface area contributed by atoms with Crippen LogP contribution in [0.4, 0.5) is 16.2 Å². The molecule has 0 saturated carbocycles. The molecule has 1 aromatic carbocycles. The summed E-state index contributed by atoms with van der Waals surface area (Å²) in [4.78, 5) is 13.3. The third-order valence-electron chi connectivity index (χ3n) is 4.01. The van der Waals surface area contributed by atoms with Gasteiger partial charge in [0.15, 0.2) is 5.65 Å². The van der Waals surface area contributed by atoms with E-state index >= 15 is 0 Å². The Bertz CT molecular complexity index is 1060. The van der Waals surface area contributed by atoms with Crippen molar-refractivity contribution in [2.24, 2.45) is 7.05 Å². The fourth-order valence-electron chi connectivity index (χ4n) is 2.68. The number of benzene rings is 1. The van der Waals surface area contributed by atoms with E-state index in [9.17, 15) is 4.39 Å². The van der Waals surface area contributed by atoms with E-state index in [4.69, 9.17) is 5.73 Å². The summed E-state index contributed by atoms with van der Waals surface area (Å²) in [6.45, 7) is 0.470. The lowest BCUT2D eigenvalue weighted by Crippen LogP contribution is -2.06. The monoisotopic (exact) mass is 349 g/mol. The minimum absolute atomic E-state index is 0.313. The van der Waals surface area contributed by atoms with Crippen LogP contribution >= 0.6 is 0 Å². The summed E-state index contributed by atoms with van der Waals surface area (Å²) < 4.78 is 14.8. The topological polar surface area (TPSA) is 94.5 Å². The van der Waals surface area contributed by atoms with Gasteiger partial charge in [-0.25, -0.2) is 9.37 Å². The molecular weight excluding hydrogens is 333 g/mol. The molecule has 3 aromatic heterocycles. The van der Waals surface area contributed by atoms with Crippen LogP contribution < -0.4 is 11.1 Å². The summed E-state index contributed by atoms with van der Waals surface area (Å²) in [5, 5.41) is 8.14. The Morgan fingerprint density at radius 2 is 1.92 bits per heavy atom. The molecule has 0 amide bonds. The van der Waals surface area contributed by atoms with Gasteiger partial charge in [-0.1, -0.05) is 6.07 Å². The molecule has 0 atom stereocenters. The second-order valence-corrected chi connectivity index (χ2v) is 5.78. The number of aryl methyl sites for hydroxylation is 1. The Hall–Kier alpha value is -3.55. The SMILES string of the molecule is Cn1nc2nc(NCc3ccccn3)nc(-c3ccc(F)cc3)c2c1N. The maximum atomic E-state index is 13.3. The number of hydrogen-bond acceptors (Lipinski definition) is 6. The van der Waals surface area contributed by atoms with Crippen LogP contribution in [0.3, 0.4) is 0 Å². The molecule has 7 nitrogen and oxygen atoms in total. The number of anilines is 2. The van der Waals surface area contributed by atoms with E-state index in [1.807, 2.05) is 18.2 Å². The van der Waals surface area contributed by atoms with E-state index in [0.717, 1.165) is 11.3 Å². The van der Waals surface area contributed by atoms with Gasteiger partial charge in [-0.15, -0.1) is 0 Å². The summed E-state index contributed by atoms with van der Waals surface area (Å²) in [6, 6.07) is 11.8. The molecule has 0 bridgehead atoms. The van der Waals surface area contributed by atoms with Gasteiger partial charge in [0.1, 0.15) is 11.6 Å². The first kappa shape index (κ1) is 15.9. The average molecular weight is 349 g/mol. The number of nitrogens with two attached hydrogens (primary N) is 1. The van der Waals surface area contributed by atoms with E-state index in [-0.39, 0.29) is 5.82 Å². The van der Waals surface area contributed by atoms with Gasteiger partial charge in [0.05, 0.1) is 23.3 Å². The molecule has 3 N–H and O–H groups in total. The summed E-state index contributed by atoms with van der Waals surface area (Å²) in [5.74, 6) is 0.544. The number of halogens is 1. The zero-order valence-corrected chi connectivity index (χ0v) is 14.0. The largest absolute Gasteiger partial charge is 0.383 e. The van der Waals surface area contributed by atoms with Crippen LogP contribution in [0, 0.1) is 5.82 Å². The van der Waals surface area contributed by atoms with Crippen LogP contribution in [-0.4, -0.2) is 24.7 Å². The minimum Gasteiger partial charge on any atom is -0.383 e. The molecule has 4 aromatic rings. The first-order valence-corrected chi connectivity index (χ1v) is 8.02. The van der Waals surface area contributed by atoms with E-state index in [0.29, 0.717) is 35.0 Å². The maximum absolute atomic E-state index is 13.3. The first-order valence-electron chi connectivity index (χ1n) is 8.02. The Morgan fingerprint density at radius 1 is 1.12 bits per heavy atom. The highest BCUT2D eigenvalue weighted by Crippen LogP contribution is 2.31. The molecule has 0 radical (unpaired) electrons. The van der Waals surface area contributed by atoms with E-state index in [2.05, 4.69) is 25.4 Å². The number of nitrogen functional groups attached to an aromatic ring is 1. The van der Waals surface area contributed by atoms with Crippen molar-refractivity contribution in [3.63, 3.8) is 0 Å². The Balaban J connectivity index is 1.79. The third kappa shape index (κ3) is 2.92. The Kier molecular flexibility index (Phi) is 3.92. The van der Waals surface area contributed by atoms with E-state index in [1.54, 1.807) is 30.1 Å². The van der Waals surface area contributed by atoms with Crippen LogP contribution in [-0.2, 0) is 13.6 Å². The van der Waals surface area contributed by atoms with Gasteiger partial charge in [-0.2, -0.15) is 10.1 Å². The number of nitrogens with one attached hydrogen (secondary N) is 1. The van der Waals surface area contributed by atoms with Crippen molar-refractivity contribution in [3.05, 3.63) is 60.2 Å². The number of aromatic nitrogens is 5. The molecule has 130 valence electrons. The lowest BCUT2D eigenvalue weighted by Gasteiger charge is -2.08. The third-order valence-corrected chi connectivity index (χ3v) is 4.01. The summed E-state index contributed by atoms with van der Waals surface area (Å²) >= 11 is 0. The summed E-state index contributed by atoms with van der Waals surface area (Å²) in [6.07, 6.45) is 1.73. The normalized spacial score (nSPS) is 11.0. The second-order valence-electron chi connectivity index (χ2n) is 5.78. The highest BCUT2D eigenvalue weighted by atomic mass is 19.1. The Morgan fingerprint density at radius 3 is 2.65 bits per heavy atom. The van der Waals surface area contributed by atoms with Gasteiger partial charge in [0.2, 0.25) is 5.95 Å². The predicted octanol–water partition coefficient (Wildman–Crippen LogP) is 2.76. The predicted molar refractivity (Wildman–Crippen MR) is 97.7 cm³/mol. The molecule has 0 aliphatic rings. The molecule has 0 fully saturated rings. The second kappa shape index (κ2) is 6.40. The van der Waals surface area contributed by atoms with Crippen molar-refractivity contribution in [3.8, 4) is 11.3 Å². The molecule has 4 rings (SSSR count). The number of rotatable bonds is 4. The molecule has 3 heterocycles. The summed E-state index contributed by atoms with van der Waals surface area (Å²) in [5.41, 5.74) is 8.81. The van der Waals surface area contributed by atoms with Gasteiger partial charge in [0.25, 0.3) is 0 Å². The van der Waals surface area contributed by atoms with Crippen LogP contribution in [0.25, 0.3) is 22.3 Å². The van der Waals surface area contributed by atoms with Crippen LogP contribution in [0.1, 0.15) is 5.69 Å². The lowest BCUT2D eigenvalue weighted by atomic mass is 10.1. The van der Waals surface area contributed by atoms with Crippen molar-refractivity contribution in [1.82, 2.24) is 24.7 Å². The van der Waals surface area contributed by atoms with Crippen LogP contribution in [0.5, 0.6) is 0 Å². The molecule has 0 aliphatic heterocycles. The standard InChI is InChI=1S/C18H16FN7/c1-26-16(20)14-15(11-5-7-12(19)8-6-11)23-18(24-17(14)25-26)22-10-13-4-2-3-9-21-13/h2-9H,10,20H2,1H3,(H,22,24,25). The highest BCUT2D eigenvalue weighted by molar-refractivity contribution is 5.98. The molecule has 0 unspecified atom stereocenters. The van der Waals surface area contributed by atoms with E-state index < -0.39 is 0 Å². The van der Waals surface area contributed by atoms with Gasteiger partial charge in [-0.05, 0) is 36.4 Å². The molecule has 0 saturated heterocycles. The summed E-state index contributed by atoms with van der Waals surface area (Å²) in [7, 11) is 1.74. The van der Waals surface area contributed by atoms with Crippen LogP contribution in [0.2, 0.25) is 0 Å². The quantitative estimate of drug-likeness (QED) is 0.588. The highest BCUT2D eigenvalue weighted by Gasteiger charge is 2.17. The van der Waals surface area contributed by atoms with Gasteiger partial charge in [0, 0.05) is 18.8 Å². The van der Waals surface area contributed by atoms with E-state index in [1.165, 1.54) is 12.1 Å². The van der Waals surface area contributed by atoms with Gasteiger partial charge in [-0.3, -0.25) is 9.67 Å². The van der Waals surface area contributed by atoms with Crippen molar-refractivity contribution in [2.75, 3.05) is 11.1 Å². The van der Waals surface area contributed by atoms with Gasteiger partial charge >= 0.3 is 0 Å². The van der Waals surface area contributed by atoms with Crippen molar-refractivity contribution < 1.29 is 4.39 Å². The number of pyridine rings is 1. The van der Waals surface area contributed by atoms with Crippen molar-refractivity contribution in [2.45, 2.75) is 6.54 Å². The lowest BCUT2D eigenvalue weighted by molar-refractivity contribution is 0.628. The van der Waals surface area contributed by atoms with Crippen molar-refractivity contribution >= 4 is 22.8 Å². The minimum atomic E-state index is -0.313. The zero-order valence-electron chi connectivity index (χ0n) is 14.0. The zero-order chi connectivity index (χ0) is 18.1. The fraction of sp³-hybridized carbons (Fsp3) is 0.111. The molecule has 0 spiro atoms. The number of hydrogen-bond donors (Lipinski definition) is 2. The van der Waals surface area contributed by atoms with Crippen LogP contribution in [0.15, 0.2) is 48.7 Å². The smallest absolute Gasteiger partial charge is 0.225 e. The fourth-order valence-corrected chi connectivity index (χ4v) is 2.68. The maximum Gasteiger partial charge on any atom is 0.225 e. The molecular formula is C18H16FN7. The Labute approximate surface area is 148 Å². The molecule has 0 aliphatic carbocycles. The van der Waals surface area contributed by atoms with Gasteiger partial charge < -0.3 is 11.1 Å². The van der Waals surface area contributed by atoms with Crippen molar-refractivity contribution in [1.29, 1.82) is 0 Å². The molecule has 8 heteroatoms. The average Bonchev–Trinajstić information content (AvgIpc) is 2.95. The first-order chi connectivity index (χ1) is 12.6.